The van der Waals surface area contributed by atoms with Crippen LogP contribution in [0.25, 0.3) is 0 Å². The Bertz CT molecular complexity index is 651. The molecule has 6 nitrogen and oxygen atoms in total. The van der Waals surface area contributed by atoms with Gasteiger partial charge in [-0.1, -0.05) is 6.07 Å². The average Bonchev–Trinajstić information content (AvgIpc) is 2.38. The number of aromatic nitrogens is 1. The van der Waals surface area contributed by atoms with Crippen molar-refractivity contribution >= 4 is 11.5 Å². The van der Waals surface area contributed by atoms with Crippen molar-refractivity contribution in [1.82, 2.24) is 9.63 Å². The first-order valence-electron chi connectivity index (χ1n) is 5.68. The lowest BCUT2D eigenvalue weighted by atomic mass is 10.1. The van der Waals surface area contributed by atoms with Crippen molar-refractivity contribution in [3.63, 3.8) is 0 Å². The molecule has 0 atom stereocenters. The van der Waals surface area contributed by atoms with E-state index in [2.05, 4.69) is 10.2 Å². The van der Waals surface area contributed by atoms with Crippen molar-refractivity contribution < 1.29 is 10.0 Å². The van der Waals surface area contributed by atoms with E-state index < -0.39 is 0 Å². The molecule has 98 valence electrons. The Hall–Kier alpha value is -2.63. The fourth-order valence-electron chi connectivity index (χ4n) is 1.56. The minimum Gasteiger partial charge on any atom is -0.427 e. The molecule has 0 fully saturated rings. The van der Waals surface area contributed by atoms with Crippen LogP contribution in [0.1, 0.15) is 0 Å². The van der Waals surface area contributed by atoms with Crippen LogP contribution in [0.15, 0.2) is 58.5 Å². The van der Waals surface area contributed by atoms with Crippen molar-refractivity contribution in [1.29, 1.82) is 0 Å². The number of allylic oxidation sites excluding steroid dienone is 3. The summed E-state index contributed by atoms with van der Waals surface area (Å²) < 4.78 is 0.876. The van der Waals surface area contributed by atoms with Crippen LogP contribution in [0.2, 0.25) is 0 Å². The highest BCUT2D eigenvalue weighted by atomic mass is 16.5. The number of hydrogen-bond donors (Lipinski definition) is 1. The zero-order valence-electron chi connectivity index (χ0n) is 10.7. The second-order valence-corrected chi connectivity index (χ2v) is 4.15. The van der Waals surface area contributed by atoms with Gasteiger partial charge in [-0.3, -0.25) is 4.79 Å². The monoisotopic (exact) mass is 258 g/mol. The third-order valence-electron chi connectivity index (χ3n) is 2.51. The van der Waals surface area contributed by atoms with Crippen molar-refractivity contribution in [2.24, 2.45) is 10.2 Å². The van der Waals surface area contributed by atoms with E-state index in [4.69, 9.17) is 0 Å². The molecule has 1 aliphatic carbocycles. The molecule has 1 aromatic heterocycles. The van der Waals surface area contributed by atoms with E-state index in [0.29, 0.717) is 16.9 Å². The van der Waals surface area contributed by atoms with Gasteiger partial charge in [0.05, 0.1) is 5.70 Å². The van der Waals surface area contributed by atoms with Gasteiger partial charge in [-0.25, -0.2) is 0 Å². The quantitative estimate of drug-likeness (QED) is 0.479. The summed E-state index contributed by atoms with van der Waals surface area (Å²) in [6.45, 7) is 0. The Morgan fingerprint density at radius 3 is 2.68 bits per heavy atom. The molecule has 0 spiro atoms. The highest BCUT2D eigenvalue weighted by molar-refractivity contribution is 6.19. The summed E-state index contributed by atoms with van der Waals surface area (Å²) >= 11 is 0. The Morgan fingerprint density at radius 2 is 2.00 bits per heavy atom. The summed E-state index contributed by atoms with van der Waals surface area (Å²) in [4.78, 5) is 13.1. The molecule has 0 radical (unpaired) electrons. The van der Waals surface area contributed by atoms with Crippen LogP contribution in [0.5, 0.6) is 0 Å². The van der Waals surface area contributed by atoms with E-state index in [-0.39, 0.29) is 5.78 Å². The van der Waals surface area contributed by atoms with Crippen LogP contribution in [0.3, 0.4) is 0 Å². The molecule has 1 N–H and O–H groups in total. The van der Waals surface area contributed by atoms with Crippen LogP contribution in [-0.4, -0.2) is 40.4 Å². The van der Waals surface area contributed by atoms with Crippen LogP contribution in [0, 0.1) is 0 Å². The van der Waals surface area contributed by atoms with Gasteiger partial charge in [-0.2, -0.15) is 4.73 Å². The highest BCUT2D eigenvalue weighted by Gasteiger charge is 2.13. The lowest BCUT2D eigenvalue weighted by molar-refractivity contribution is -0.110. The summed E-state index contributed by atoms with van der Waals surface area (Å²) in [5.41, 5.74) is 1.54. The van der Waals surface area contributed by atoms with Gasteiger partial charge >= 0.3 is 0 Å². The van der Waals surface area contributed by atoms with Gasteiger partial charge < -0.3 is 10.1 Å². The molecule has 2 rings (SSSR count). The Morgan fingerprint density at radius 1 is 1.21 bits per heavy atom. The molecular formula is C13H14N4O2. The molecule has 0 aliphatic heterocycles. The van der Waals surface area contributed by atoms with Gasteiger partial charge in [-0.05, 0) is 24.3 Å². The summed E-state index contributed by atoms with van der Waals surface area (Å²) in [6, 6.07) is 5.05. The molecule has 19 heavy (non-hydrogen) atoms. The third kappa shape index (κ3) is 2.98. The molecule has 0 amide bonds. The summed E-state index contributed by atoms with van der Waals surface area (Å²) in [7, 11) is 3.64. The fraction of sp³-hybridized carbons (Fsp3) is 0.154. The van der Waals surface area contributed by atoms with Crippen molar-refractivity contribution in [2.75, 3.05) is 14.1 Å². The zero-order chi connectivity index (χ0) is 13.8. The minimum absolute atomic E-state index is 0.0837. The first kappa shape index (κ1) is 12.8. The predicted molar refractivity (Wildman–Crippen MR) is 70.5 cm³/mol. The number of carbonyl (C=O) groups is 1. The standard InChI is InChI=1S/C13H14N4O2/c1-16(2)12-9-10(18)6-7-11(12)14-15-13-5-3-4-8-17(13)19/h3-9,19H,1-2H3/b14-11?,15-13+. The molecule has 0 saturated heterocycles. The predicted octanol–water partition coefficient (Wildman–Crippen LogP) is 0.566. The number of ketones is 1. The second-order valence-electron chi connectivity index (χ2n) is 4.15. The minimum atomic E-state index is -0.0837. The maximum Gasteiger partial charge on any atom is 0.189 e. The van der Waals surface area contributed by atoms with Crippen molar-refractivity contribution in [3.05, 3.63) is 53.8 Å². The van der Waals surface area contributed by atoms with Crippen LogP contribution in [0.4, 0.5) is 0 Å². The first-order chi connectivity index (χ1) is 9.08. The van der Waals surface area contributed by atoms with Gasteiger partial charge in [0.25, 0.3) is 0 Å². The molecule has 0 bridgehead atoms. The Kier molecular flexibility index (Phi) is 3.61. The van der Waals surface area contributed by atoms with Gasteiger partial charge in [-0.15, -0.1) is 10.2 Å². The SMILES string of the molecule is CN(C)C1=CC(=O)C=CC1=N/N=c1\ccccn1O. The van der Waals surface area contributed by atoms with E-state index in [1.54, 1.807) is 29.2 Å². The third-order valence-corrected chi connectivity index (χ3v) is 2.51. The maximum absolute atomic E-state index is 11.3. The first-order valence-corrected chi connectivity index (χ1v) is 5.68. The molecule has 1 aliphatic rings. The lowest BCUT2D eigenvalue weighted by Gasteiger charge is -2.18. The summed E-state index contributed by atoms with van der Waals surface area (Å²) in [5, 5.41) is 17.5. The van der Waals surface area contributed by atoms with E-state index in [1.807, 2.05) is 14.1 Å². The van der Waals surface area contributed by atoms with Gasteiger partial charge in [0.2, 0.25) is 0 Å². The molecule has 0 unspecified atom stereocenters. The lowest BCUT2D eigenvalue weighted by Crippen LogP contribution is -2.22. The second kappa shape index (κ2) is 5.34. The number of hydrogen-bond acceptors (Lipinski definition) is 5. The highest BCUT2D eigenvalue weighted by Crippen LogP contribution is 2.09. The Labute approximate surface area is 110 Å². The topological polar surface area (TPSA) is 70.2 Å². The number of rotatable bonds is 2. The number of carbonyl (C=O) groups excluding carboxylic acids is 1. The van der Waals surface area contributed by atoms with E-state index in [9.17, 15) is 10.0 Å². The molecule has 6 heteroatoms. The molecular weight excluding hydrogens is 244 g/mol. The summed E-state index contributed by atoms with van der Waals surface area (Å²) in [5.74, 6) is -0.0837. The Balaban J connectivity index is 2.41. The number of nitrogens with zero attached hydrogens (tertiary/aromatic N) is 4. The number of pyridine rings is 1. The van der Waals surface area contributed by atoms with Crippen molar-refractivity contribution in [3.8, 4) is 0 Å². The van der Waals surface area contributed by atoms with Crippen LogP contribution in [-0.2, 0) is 4.79 Å². The van der Waals surface area contributed by atoms with Crippen LogP contribution >= 0.6 is 0 Å². The van der Waals surface area contributed by atoms with E-state index in [1.165, 1.54) is 18.3 Å². The normalized spacial score (nSPS) is 17.8. The molecule has 0 aromatic carbocycles. The van der Waals surface area contributed by atoms with Gasteiger partial charge in [0, 0.05) is 26.4 Å². The smallest absolute Gasteiger partial charge is 0.189 e. The molecule has 1 aromatic rings. The zero-order valence-corrected chi connectivity index (χ0v) is 10.7. The van der Waals surface area contributed by atoms with Crippen LogP contribution < -0.4 is 5.49 Å². The van der Waals surface area contributed by atoms with Crippen molar-refractivity contribution in [2.45, 2.75) is 0 Å². The molecule has 1 heterocycles. The maximum atomic E-state index is 11.3. The van der Waals surface area contributed by atoms with E-state index >= 15 is 0 Å². The average molecular weight is 258 g/mol. The van der Waals surface area contributed by atoms with E-state index in [0.717, 1.165) is 4.73 Å². The molecule has 0 saturated carbocycles. The van der Waals surface area contributed by atoms with Gasteiger partial charge in [0.1, 0.15) is 5.71 Å². The van der Waals surface area contributed by atoms with Gasteiger partial charge in [0.15, 0.2) is 11.3 Å². The summed E-state index contributed by atoms with van der Waals surface area (Å²) in [6.07, 6.45) is 5.99. The largest absolute Gasteiger partial charge is 0.427 e. The fourth-order valence-corrected chi connectivity index (χ4v) is 1.56.